The maximum atomic E-state index is 13.6. The summed E-state index contributed by atoms with van der Waals surface area (Å²) >= 11 is 0. The van der Waals surface area contributed by atoms with Crippen molar-refractivity contribution in [2.75, 3.05) is 6.54 Å². The molecule has 0 spiro atoms. The Morgan fingerprint density at radius 3 is 3.00 bits per heavy atom. The second-order valence-electron chi connectivity index (χ2n) is 3.60. The van der Waals surface area contributed by atoms with Crippen LogP contribution in [0.3, 0.4) is 0 Å². The smallest absolute Gasteiger partial charge is 0.134 e. The molecule has 2 N–H and O–H groups in total. The van der Waals surface area contributed by atoms with Crippen LogP contribution < -0.4 is 5.73 Å². The summed E-state index contributed by atoms with van der Waals surface area (Å²) < 4.78 is 15.3. The van der Waals surface area contributed by atoms with E-state index in [-0.39, 0.29) is 5.82 Å². The minimum Gasteiger partial charge on any atom is -0.330 e. The lowest BCUT2D eigenvalue weighted by atomic mass is 10.1. The number of rotatable bonds is 3. The van der Waals surface area contributed by atoms with Crippen molar-refractivity contribution in [1.82, 2.24) is 9.78 Å². The number of aromatic nitrogens is 2. The van der Waals surface area contributed by atoms with Gasteiger partial charge in [0, 0.05) is 7.05 Å². The molecular weight excluding hydrogens is 193 g/mol. The molecule has 0 amide bonds. The molecule has 0 aliphatic rings. The number of nitrogens with zero attached hydrogens (tertiary/aromatic N) is 2. The third-order valence-corrected chi connectivity index (χ3v) is 2.52. The Labute approximate surface area is 87.7 Å². The Hall–Kier alpha value is -1.42. The molecule has 0 saturated carbocycles. The van der Waals surface area contributed by atoms with Gasteiger partial charge in [-0.25, -0.2) is 4.39 Å². The van der Waals surface area contributed by atoms with Crippen molar-refractivity contribution in [1.29, 1.82) is 0 Å². The summed E-state index contributed by atoms with van der Waals surface area (Å²) in [5.74, 6) is -0.201. The molecule has 80 valence electrons. The number of halogens is 1. The van der Waals surface area contributed by atoms with Crippen molar-refractivity contribution >= 4 is 10.9 Å². The Bertz CT molecular complexity index is 476. The molecule has 0 aliphatic carbocycles. The Balaban J connectivity index is 2.54. The molecule has 0 fully saturated rings. The van der Waals surface area contributed by atoms with Crippen molar-refractivity contribution in [3.05, 3.63) is 29.7 Å². The van der Waals surface area contributed by atoms with Crippen LogP contribution in [0.5, 0.6) is 0 Å². The van der Waals surface area contributed by atoms with Gasteiger partial charge in [-0.15, -0.1) is 0 Å². The van der Waals surface area contributed by atoms with E-state index in [2.05, 4.69) is 5.10 Å². The van der Waals surface area contributed by atoms with Crippen LogP contribution in [-0.4, -0.2) is 16.3 Å². The molecule has 2 rings (SSSR count). The first kappa shape index (κ1) is 10.1. The van der Waals surface area contributed by atoms with E-state index in [0.717, 1.165) is 24.1 Å². The molecule has 2 aromatic rings. The number of hydrogen-bond donors (Lipinski definition) is 1. The highest BCUT2D eigenvalue weighted by Gasteiger charge is 2.11. The van der Waals surface area contributed by atoms with E-state index in [1.165, 1.54) is 6.07 Å². The third kappa shape index (κ3) is 1.72. The predicted octanol–water partition coefficient (Wildman–Crippen LogP) is 1.60. The molecule has 0 saturated heterocycles. The molecule has 0 atom stereocenters. The zero-order chi connectivity index (χ0) is 10.8. The van der Waals surface area contributed by atoms with Crippen molar-refractivity contribution in [2.45, 2.75) is 12.8 Å². The molecule has 4 heteroatoms. The normalized spacial score (nSPS) is 11.1. The van der Waals surface area contributed by atoms with Crippen LogP contribution in [0.15, 0.2) is 18.2 Å². The SMILES string of the molecule is Cn1nc(CCCN)c2c(F)cccc21. The molecule has 0 aliphatic heterocycles. The van der Waals surface area contributed by atoms with Gasteiger partial charge >= 0.3 is 0 Å². The van der Waals surface area contributed by atoms with Gasteiger partial charge in [-0.3, -0.25) is 4.68 Å². The van der Waals surface area contributed by atoms with Crippen LogP contribution in [0.4, 0.5) is 4.39 Å². The molecule has 3 nitrogen and oxygen atoms in total. The number of nitrogens with two attached hydrogens (primary N) is 1. The number of hydrogen-bond acceptors (Lipinski definition) is 2. The summed E-state index contributed by atoms with van der Waals surface area (Å²) in [4.78, 5) is 0. The first-order valence-corrected chi connectivity index (χ1v) is 5.04. The molecule has 0 unspecified atom stereocenters. The van der Waals surface area contributed by atoms with Crippen LogP contribution in [0, 0.1) is 5.82 Å². The number of benzene rings is 1. The number of fused-ring (bicyclic) bond motifs is 1. The molecule has 1 aromatic heterocycles. The third-order valence-electron chi connectivity index (χ3n) is 2.52. The van der Waals surface area contributed by atoms with E-state index in [0.29, 0.717) is 11.9 Å². The highest BCUT2D eigenvalue weighted by molar-refractivity contribution is 5.82. The molecule has 15 heavy (non-hydrogen) atoms. The summed E-state index contributed by atoms with van der Waals surface area (Å²) in [5.41, 5.74) is 7.07. The van der Waals surface area contributed by atoms with Gasteiger partial charge in [0.05, 0.1) is 16.6 Å². The highest BCUT2D eigenvalue weighted by atomic mass is 19.1. The summed E-state index contributed by atoms with van der Waals surface area (Å²) in [6, 6.07) is 5.04. The second-order valence-corrected chi connectivity index (χ2v) is 3.60. The lowest BCUT2D eigenvalue weighted by Crippen LogP contribution is -2.01. The van der Waals surface area contributed by atoms with Crippen molar-refractivity contribution in [3.8, 4) is 0 Å². The molecule has 0 bridgehead atoms. The Morgan fingerprint density at radius 1 is 1.47 bits per heavy atom. The fraction of sp³-hybridized carbons (Fsp3) is 0.364. The maximum absolute atomic E-state index is 13.6. The van der Waals surface area contributed by atoms with Crippen molar-refractivity contribution < 1.29 is 4.39 Å². The zero-order valence-corrected chi connectivity index (χ0v) is 8.70. The van der Waals surface area contributed by atoms with Gasteiger partial charge < -0.3 is 5.73 Å². The molecular formula is C11H14FN3. The Kier molecular flexibility index (Phi) is 2.68. The zero-order valence-electron chi connectivity index (χ0n) is 8.70. The fourth-order valence-corrected chi connectivity index (χ4v) is 1.80. The van der Waals surface area contributed by atoms with Gasteiger partial charge in [-0.05, 0) is 31.5 Å². The summed E-state index contributed by atoms with van der Waals surface area (Å²) in [7, 11) is 1.83. The average molecular weight is 207 g/mol. The lowest BCUT2D eigenvalue weighted by Gasteiger charge is -1.96. The second kappa shape index (κ2) is 3.98. The van der Waals surface area contributed by atoms with Crippen LogP contribution >= 0.6 is 0 Å². The largest absolute Gasteiger partial charge is 0.330 e. The Morgan fingerprint density at radius 2 is 2.27 bits per heavy atom. The van der Waals surface area contributed by atoms with E-state index >= 15 is 0 Å². The predicted molar refractivity (Wildman–Crippen MR) is 58.0 cm³/mol. The molecule has 1 aromatic carbocycles. The summed E-state index contributed by atoms with van der Waals surface area (Å²) in [6.07, 6.45) is 1.56. The first-order chi connectivity index (χ1) is 7.24. The maximum Gasteiger partial charge on any atom is 0.134 e. The monoisotopic (exact) mass is 207 g/mol. The van der Waals surface area contributed by atoms with Gasteiger partial charge in [0.15, 0.2) is 0 Å². The minimum absolute atomic E-state index is 0.201. The van der Waals surface area contributed by atoms with Crippen LogP contribution in [0.1, 0.15) is 12.1 Å². The van der Waals surface area contributed by atoms with Gasteiger partial charge in [0.2, 0.25) is 0 Å². The topological polar surface area (TPSA) is 43.8 Å². The van der Waals surface area contributed by atoms with E-state index in [1.54, 1.807) is 10.7 Å². The number of aryl methyl sites for hydroxylation is 2. The van der Waals surface area contributed by atoms with E-state index in [9.17, 15) is 4.39 Å². The van der Waals surface area contributed by atoms with E-state index in [1.807, 2.05) is 13.1 Å². The van der Waals surface area contributed by atoms with Gasteiger partial charge in [-0.1, -0.05) is 6.07 Å². The molecule has 1 heterocycles. The van der Waals surface area contributed by atoms with E-state index < -0.39 is 0 Å². The summed E-state index contributed by atoms with van der Waals surface area (Å²) in [5, 5.41) is 4.94. The van der Waals surface area contributed by atoms with E-state index in [4.69, 9.17) is 5.73 Å². The van der Waals surface area contributed by atoms with Gasteiger partial charge in [0.1, 0.15) is 5.82 Å². The fourth-order valence-electron chi connectivity index (χ4n) is 1.80. The van der Waals surface area contributed by atoms with Crippen LogP contribution in [-0.2, 0) is 13.5 Å². The highest BCUT2D eigenvalue weighted by Crippen LogP contribution is 2.21. The minimum atomic E-state index is -0.201. The lowest BCUT2D eigenvalue weighted by molar-refractivity contribution is 0.638. The van der Waals surface area contributed by atoms with Crippen molar-refractivity contribution in [2.24, 2.45) is 12.8 Å². The summed E-state index contributed by atoms with van der Waals surface area (Å²) in [6.45, 7) is 0.604. The van der Waals surface area contributed by atoms with Crippen molar-refractivity contribution in [3.63, 3.8) is 0 Å². The van der Waals surface area contributed by atoms with Gasteiger partial charge in [0.25, 0.3) is 0 Å². The van der Waals surface area contributed by atoms with Gasteiger partial charge in [-0.2, -0.15) is 5.10 Å². The average Bonchev–Trinajstić information content (AvgIpc) is 2.55. The standard InChI is InChI=1S/C11H14FN3/c1-15-10-6-2-4-8(12)11(10)9(14-15)5-3-7-13/h2,4,6H,3,5,7,13H2,1H3. The molecule has 0 radical (unpaired) electrons. The quantitative estimate of drug-likeness (QED) is 0.830. The van der Waals surface area contributed by atoms with Crippen LogP contribution in [0.2, 0.25) is 0 Å². The van der Waals surface area contributed by atoms with Crippen LogP contribution in [0.25, 0.3) is 10.9 Å². The first-order valence-electron chi connectivity index (χ1n) is 5.04.